The normalized spacial score (nSPS) is 11.1. The fourth-order valence-corrected chi connectivity index (χ4v) is 2.54. The van der Waals surface area contributed by atoms with Crippen molar-refractivity contribution in [3.8, 4) is 11.4 Å². The first-order chi connectivity index (χ1) is 10.0. The van der Waals surface area contributed by atoms with E-state index in [9.17, 15) is 4.79 Å². The number of ether oxygens (including phenoxy) is 1. The van der Waals surface area contributed by atoms with Crippen molar-refractivity contribution in [1.29, 1.82) is 0 Å². The SMILES string of the molecule is COCc1ccccc1-c1nc(CC(C)C)c(Br)c(=O)[nH]1. The molecule has 112 valence electrons. The number of hydrogen-bond donors (Lipinski definition) is 1. The molecule has 0 spiro atoms. The largest absolute Gasteiger partial charge is 0.380 e. The molecule has 2 aromatic rings. The maximum absolute atomic E-state index is 12.1. The Morgan fingerprint density at radius 1 is 1.33 bits per heavy atom. The van der Waals surface area contributed by atoms with Gasteiger partial charge in [-0.2, -0.15) is 0 Å². The minimum atomic E-state index is -0.150. The van der Waals surface area contributed by atoms with Gasteiger partial charge in [0.1, 0.15) is 10.3 Å². The Bertz CT molecular complexity index is 680. The molecular formula is C16H19BrN2O2. The molecule has 4 nitrogen and oxygen atoms in total. The lowest BCUT2D eigenvalue weighted by Gasteiger charge is -2.11. The standard InChI is InChI=1S/C16H19BrN2O2/c1-10(2)8-13-14(17)16(20)19-15(18-13)12-7-5-4-6-11(12)9-21-3/h4-7,10H,8-9H2,1-3H3,(H,18,19,20). The van der Waals surface area contributed by atoms with E-state index < -0.39 is 0 Å². The van der Waals surface area contributed by atoms with Gasteiger partial charge in [-0.05, 0) is 33.8 Å². The summed E-state index contributed by atoms with van der Waals surface area (Å²) in [6.07, 6.45) is 0.754. The molecule has 0 saturated heterocycles. The van der Waals surface area contributed by atoms with Crippen LogP contribution in [0.4, 0.5) is 0 Å². The number of aromatic amines is 1. The molecule has 5 heteroatoms. The van der Waals surface area contributed by atoms with E-state index in [-0.39, 0.29) is 5.56 Å². The number of nitrogens with zero attached hydrogens (tertiary/aromatic N) is 1. The summed E-state index contributed by atoms with van der Waals surface area (Å²) >= 11 is 3.33. The molecule has 0 bridgehead atoms. The van der Waals surface area contributed by atoms with Crippen LogP contribution in [0.15, 0.2) is 33.5 Å². The van der Waals surface area contributed by atoms with Crippen molar-refractivity contribution in [2.75, 3.05) is 7.11 Å². The van der Waals surface area contributed by atoms with Crippen LogP contribution in [0.1, 0.15) is 25.1 Å². The maximum atomic E-state index is 12.1. The Balaban J connectivity index is 2.54. The third-order valence-electron chi connectivity index (χ3n) is 3.11. The molecule has 0 fully saturated rings. The fraction of sp³-hybridized carbons (Fsp3) is 0.375. The number of hydrogen-bond acceptors (Lipinski definition) is 3. The number of methoxy groups -OCH3 is 1. The summed E-state index contributed by atoms with van der Waals surface area (Å²) in [4.78, 5) is 19.6. The third kappa shape index (κ3) is 3.80. The second kappa shape index (κ2) is 7.00. The minimum Gasteiger partial charge on any atom is -0.380 e. The van der Waals surface area contributed by atoms with Crippen LogP contribution in [0.2, 0.25) is 0 Å². The average Bonchev–Trinajstić information content (AvgIpc) is 2.44. The highest BCUT2D eigenvalue weighted by Gasteiger charge is 2.13. The first kappa shape index (κ1) is 15.9. The van der Waals surface area contributed by atoms with Crippen LogP contribution < -0.4 is 5.56 Å². The molecule has 0 aliphatic carbocycles. The Hall–Kier alpha value is -1.46. The first-order valence-corrected chi connectivity index (χ1v) is 7.68. The highest BCUT2D eigenvalue weighted by molar-refractivity contribution is 9.10. The molecule has 2 rings (SSSR count). The zero-order valence-electron chi connectivity index (χ0n) is 12.4. The van der Waals surface area contributed by atoms with Gasteiger partial charge in [-0.1, -0.05) is 38.1 Å². The quantitative estimate of drug-likeness (QED) is 0.896. The van der Waals surface area contributed by atoms with Gasteiger partial charge in [0.05, 0.1) is 12.3 Å². The summed E-state index contributed by atoms with van der Waals surface area (Å²) in [6.45, 7) is 4.69. The predicted molar refractivity (Wildman–Crippen MR) is 87.2 cm³/mol. The molecule has 1 aromatic carbocycles. The molecule has 0 aliphatic rings. The van der Waals surface area contributed by atoms with Crippen LogP contribution >= 0.6 is 15.9 Å². The van der Waals surface area contributed by atoms with Crippen LogP contribution in [0, 0.1) is 5.92 Å². The number of benzene rings is 1. The second-order valence-electron chi connectivity index (χ2n) is 5.36. The van der Waals surface area contributed by atoms with Gasteiger partial charge in [0.15, 0.2) is 0 Å². The van der Waals surface area contributed by atoms with E-state index in [0.717, 1.165) is 23.2 Å². The van der Waals surface area contributed by atoms with E-state index in [4.69, 9.17) is 4.74 Å². The Morgan fingerprint density at radius 3 is 2.71 bits per heavy atom. The highest BCUT2D eigenvalue weighted by atomic mass is 79.9. The smallest absolute Gasteiger partial charge is 0.265 e. The summed E-state index contributed by atoms with van der Waals surface area (Å²) in [5, 5.41) is 0. The Morgan fingerprint density at radius 2 is 2.05 bits per heavy atom. The van der Waals surface area contributed by atoms with Crippen LogP contribution in [0.25, 0.3) is 11.4 Å². The van der Waals surface area contributed by atoms with Gasteiger partial charge in [0.25, 0.3) is 5.56 Å². The van der Waals surface area contributed by atoms with Crippen molar-refractivity contribution in [3.63, 3.8) is 0 Å². The summed E-state index contributed by atoms with van der Waals surface area (Å²) in [5.74, 6) is 1.02. The van der Waals surface area contributed by atoms with Crippen molar-refractivity contribution < 1.29 is 4.74 Å². The van der Waals surface area contributed by atoms with E-state index in [0.29, 0.717) is 22.8 Å². The molecule has 21 heavy (non-hydrogen) atoms. The zero-order chi connectivity index (χ0) is 15.4. The van der Waals surface area contributed by atoms with E-state index in [1.807, 2.05) is 24.3 Å². The first-order valence-electron chi connectivity index (χ1n) is 6.88. The maximum Gasteiger partial charge on any atom is 0.265 e. The van der Waals surface area contributed by atoms with E-state index in [1.54, 1.807) is 7.11 Å². The number of halogens is 1. The zero-order valence-corrected chi connectivity index (χ0v) is 14.0. The molecule has 0 saturated carbocycles. The van der Waals surface area contributed by atoms with E-state index >= 15 is 0 Å². The number of rotatable bonds is 5. The monoisotopic (exact) mass is 350 g/mol. The van der Waals surface area contributed by atoms with Crippen molar-refractivity contribution in [2.24, 2.45) is 5.92 Å². The summed E-state index contributed by atoms with van der Waals surface area (Å²) in [6, 6.07) is 7.80. The molecule has 1 N–H and O–H groups in total. The summed E-state index contributed by atoms with van der Waals surface area (Å²) in [7, 11) is 1.65. The average molecular weight is 351 g/mol. The van der Waals surface area contributed by atoms with Crippen molar-refractivity contribution in [3.05, 3.63) is 50.3 Å². The Kier molecular flexibility index (Phi) is 5.31. The van der Waals surface area contributed by atoms with Gasteiger partial charge in [0.2, 0.25) is 0 Å². The van der Waals surface area contributed by atoms with Gasteiger partial charge in [-0.3, -0.25) is 4.79 Å². The minimum absolute atomic E-state index is 0.150. The van der Waals surface area contributed by atoms with E-state index in [1.165, 1.54) is 0 Å². The number of aromatic nitrogens is 2. The van der Waals surface area contributed by atoms with Gasteiger partial charge >= 0.3 is 0 Å². The van der Waals surface area contributed by atoms with Crippen molar-refractivity contribution in [1.82, 2.24) is 9.97 Å². The highest BCUT2D eigenvalue weighted by Crippen LogP contribution is 2.22. The molecule has 0 aliphatic heterocycles. The summed E-state index contributed by atoms with van der Waals surface area (Å²) < 4.78 is 5.73. The molecule has 0 amide bonds. The predicted octanol–water partition coefficient (Wildman–Crippen LogP) is 3.54. The van der Waals surface area contributed by atoms with Gasteiger partial charge in [-0.25, -0.2) is 4.98 Å². The third-order valence-corrected chi connectivity index (χ3v) is 3.92. The molecule has 0 atom stereocenters. The second-order valence-corrected chi connectivity index (χ2v) is 6.16. The lowest BCUT2D eigenvalue weighted by molar-refractivity contribution is 0.185. The van der Waals surface area contributed by atoms with Crippen LogP contribution in [-0.2, 0) is 17.8 Å². The van der Waals surface area contributed by atoms with Crippen LogP contribution in [0.3, 0.4) is 0 Å². The lowest BCUT2D eigenvalue weighted by atomic mass is 10.1. The van der Waals surface area contributed by atoms with Crippen LogP contribution in [0.5, 0.6) is 0 Å². The van der Waals surface area contributed by atoms with Crippen molar-refractivity contribution in [2.45, 2.75) is 26.9 Å². The number of H-pyrrole nitrogens is 1. The topological polar surface area (TPSA) is 55.0 Å². The van der Waals surface area contributed by atoms with Crippen molar-refractivity contribution >= 4 is 15.9 Å². The number of nitrogens with one attached hydrogen (secondary N) is 1. The van der Waals surface area contributed by atoms with Gasteiger partial charge in [0, 0.05) is 12.7 Å². The molecular weight excluding hydrogens is 332 g/mol. The Labute approximate surface area is 132 Å². The van der Waals surface area contributed by atoms with Gasteiger partial charge in [-0.15, -0.1) is 0 Å². The van der Waals surface area contributed by atoms with E-state index in [2.05, 4.69) is 39.7 Å². The lowest BCUT2D eigenvalue weighted by Crippen LogP contribution is -2.15. The van der Waals surface area contributed by atoms with Gasteiger partial charge < -0.3 is 9.72 Å². The van der Waals surface area contributed by atoms with Crippen LogP contribution in [-0.4, -0.2) is 17.1 Å². The molecule has 0 radical (unpaired) electrons. The molecule has 1 heterocycles. The summed E-state index contributed by atoms with van der Waals surface area (Å²) in [5.41, 5.74) is 2.54. The molecule has 0 unspecified atom stereocenters. The molecule has 1 aromatic heterocycles. The fourth-order valence-electron chi connectivity index (χ4n) is 2.19.